The second kappa shape index (κ2) is 13.1. The van der Waals surface area contributed by atoms with Crippen LogP contribution in [0.5, 0.6) is 0 Å². The minimum atomic E-state index is -1.11. The molecule has 0 bridgehead atoms. The van der Waals surface area contributed by atoms with Crippen LogP contribution in [-0.2, 0) is 14.3 Å². The normalized spacial score (nSPS) is 22.3. The molecule has 0 spiro atoms. The van der Waals surface area contributed by atoms with Crippen molar-refractivity contribution in [2.45, 2.75) is 104 Å². The third-order valence-electron chi connectivity index (χ3n) is 5.96. The van der Waals surface area contributed by atoms with Crippen LogP contribution >= 0.6 is 0 Å². The molecule has 0 heterocycles. The molecule has 1 aliphatic carbocycles. The topological polar surface area (TPSA) is 83.8 Å². The van der Waals surface area contributed by atoms with E-state index >= 15 is 0 Å². The number of carbonyl (C=O) groups is 2. The van der Waals surface area contributed by atoms with Crippen molar-refractivity contribution in [2.24, 2.45) is 17.3 Å². The van der Waals surface area contributed by atoms with Crippen molar-refractivity contribution in [3.63, 3.8) is 0 Å². The molecule has 1 aliphatic rings. The van der Waals surface area contributed by atoms with Crippen LogP contribution in [0.4, 0.5) is 0 Å². The van der Waals surface area contributed by atoms with Gasteiger partial charge in [-0.1, -0.05) is 57.9 Å². The summed E-state index contributed by atoms with van der Waals surface area (Å²) in [6, 6.07) is 0. The van der Waals surface area contributed by atoms with E-state index in [9.17, 15) is 19.8 Å². The number of ether oxygens (including phenoxy) is 1. The molecular weight excluding hydrogens is 380 g/mol. The maximum Gasteiger partial charge on any atom is 0.335 e. The first-order valence-electron chi connectivity index (χ1n) is 11.5. The zero-order chi connectivity index (χ0) is 22.7. The Balaban J connectivity index is 2.51. The predicted molar refractivity (Wildman–Crippen MR) is 120 cm³/mol. The summed E-state index contributed by atoms with van der Waals surface area (Å²) in [5.74, 6) is -0.214. The quantitative estimate of drug-likeness (QED) is 0.330. The lowest BCUT2D eigenvalue weighted by Crippen LogP contribution is -2.27. The van der Waals surface area contributed by atoms with Crippen molar-refractivity contribution in [3.05, 3.63) is 24.3 Å². The van der Waals surface area contributed by atoms with E-state index in [-0.39, 0.29) is 29.1 Å². The van der Waals surface area contributed by atoms with Crippen molar-refractivity contribution in [2.75, 3.05) is 0 Å². The zero-order valence-corrected chi connectivity index (χ0v) is 19.5. The molecule has 1 saturated carbocycles. The van der Waals surface area contributed by atoms with E-state index in [0.29, 0.717) is 25.7 Å². The fourth-order valence-electron chi connectivity index (χ4n) is 3.80. The van der Waals surface area contributed by atoms with Gasteiger partial charge in [0, 0.05) is 12.3 Å². The van der Waals surface area contributed by atoms with Gasteiger partial charge in [0.2, 0.25) is 0 Å². The van der Waals surface area contributed by atoms with Gasteiger partial charge in [-0.2, -0.15) is 0 Å². The highest BCUT2D eigenvalue weighted by molar-refractivity contribution is 5.83. The summed E-state index contributed by atoms with van der Waals surface area (Å²) in [6.45, 7) is 9.82. The number of esters is 1. The van der Waals surface area contributed by atoms with Crippen molar-refractivity contribution >= 4 is 11.8 Å². The van der Waals surface area contributed by atoms with E-state index in [1.807, 2.05) is 24.3 Å². The van der Waals surface area contributed by atoms with Crippen molar-refractivity contribution in [1.29, 1.82) is 0 Å². The predicted octanol–water partition coefficient (Wildman–Crippen LogP) is 4.75. The number of aliphatic hydroxyl groups is 2. The summed E-state index contributed by atoms with van der Waals surface area (Å²) in [6.07, 6.45) is 12.0. The molecule has 5 nitrogen and oxygen atoms in total. The van der Waals surface area contributed by atoms with Gasteiger partial charge in [0.05, 0.1) is 12.2 Å². The zero-order valence-electron chi connectivity index (χ0n) is 19.5. The molecule has 2 N–H and O–H groups in total. The average molecular weight is 423 g/mol. The molecule has 0 aromatic rings. The molecule has 5 heteroatoms. The monoisotopic (exact) mass is 422 g/mol. The molecule has 0 amide bonds. The summed E-state index contributed by atoms with van der Waals surface area (Å²) < 4.78 is 4.98. The fourth-order valence-corrected chi connectivity index (χ4v) is 3.80. The maximum absolute atomic E-state index is 12.3. The van der Waals surface area contributed by atoms with Gasteiger partial charge in [-0.05, 0) is 57.3 Å². The van der Waals surface area contributed by atoms with Gasteiger partial charge in [0.15, 0.2) is 6.10 Å². The third kappa shape index (κ3) is 9.13. The Morgan fingerprint density at radius 1 is 1.27 bits per heavy atom. The number of aliphatic hydroxyl groups excluding tert-OH is 2. The number of hydrogen-bond acceptors (Lipinski definition) is 5. The van der Waals surface area contributed by atoms with Crippen LogP contribution in [-0.4, -0.2) is 40.3 Å². The minimum absolute atomic E-state index is 0.0562. The summed E-state index contributed by atoms with van der Waals surface area (Å²) in [5.41, 5.74) is -0.165. The SMILES string of the molecule is CCCCC(C)(C)C(O)C=C[C@H]1CCC(=O)[C@@H]1CC=CCCC(O)C(=O)OC(C)C. The number of unbranched alkanes of at least 4 members (excludes halogenated alkanes) is 1. The van der Waals surface area contributed by atoms with Gasteiger partial charge >= 0.3 is 5.97 Å². The molecule has 0 aliphatic heterocycles. The van der Waals surface area contributed by atoms with Gasteiger partial charge in [0.25, 0.3) is 0 Å². The lowest BCUT2D eigenvalue weighted by atomic mass is 9.80. The summed E-state index contributed by atoms with van der Waals surface area (Å²) in [4.78, 5) is 23.9. The molecule has 2 unspecified atom stereocenters. The molecular formula is C25H42O5. The first-order chi connectivity index (χ1) is 14.1. The number of allylic oxidation sites excluding steroid dienone is 3. The second-order valence-electron chi connectivity index (χ2n) is 9.48. The van der Waals surface area contributed by atoms with E-state index in [0.717, 1.165) is 25.7 Å². The number of Topliss-reactive ketones (excluding diaryl/α,β-unsaturated/α-hetero) is 1. The van der Waals surface area contributed by atoms with E-state index in [4.69, 9.17) is 4.74 Å². The van der Waals surface area contributed by atoms with Crippen molar-refractivity contribution in [3.8, 4) is 0 Å². The van der Waals surface area contributed by atoms with Crippen molar-refractivity contribution in [1.82, 2.24) is 0 Å². The minimum Gasteiger partial charge on any atom is -0.461 e. The van der Waals surface area contributed by atoms with Gasteiger partial charge in [-0.3, -0.25) is 4.79 Å². The van der Waals surface area contributed by atoms with Crippen LogP contribution in [0.1, 0.15) is 86.0 Å². The first kappa shape index (κ1) is 26.6. The number of carbonyl (C=O) groups excluding carboxylic acids is 2. The Bertz CT molecular complexity index is 590. The van der Waals surface area contributed by atoms with Gasteiger partial charge in [-0.15, -0.1) is 0 Å². The highest BCUT2D eigenvalue weighted by Crippen LogP contribution is 2.34. The van der Waals surface area contributed by atoms with Gasteiger partial charge in [0.1, 0.15) is 5.78 Å². The molecule has 30 heavy (non-hydrogen) atoms. The molecule has 1 fully saturated rings. The molecule has 4 atom stereocenters. The van der Waals surface area contributed by atoms with E-state index in [1.54, 1.807) is 13.8 Å². The Morgan fingerprint density at radius 3 is 2.60 bits per heavy atom. The summed E-state index contributed by atoms with van der Waals surface area (Å²) in [7, 11) is 0. The average Bonchev–Trinajstić information content (AvgIpc) is 3.03. The number of rotatable bonds is 13. The standard InChI is InChI=1S/C25H42O5/c1-6-7-17-25(4,5)23(28)16-14-19-13-15-21(26)20(19)11-9-8-10-12-22(27)24(29)30-18(2)3/h8-9,14,16,18-20,22-23,27-28H,6-7,10-13,15,17H2,1-5H3/t19-,20-,22?,23?/m1/s1. The molecule has 0 radical (unpaired) electrons. The second-order valence-corrected chi connectivity index (χ2v) is 9.48. The molecule has 0 saturated heterocycles. The smallest absolute Gasteiger partial charge is 0.335 e. The van der Waals surface area contributed by atoms with Crippen LogP contribution in [0.15, 0.2) is 24.3 Å². The summed E-state index contributed by atoms with van der Waals surface area (Å²) >= 11 is 0. The van der Waals surface area contributed by atoms with Crippen molar-refractivity contribution < 1.29 is 24.5 Å². The largest absolute Gasteiger partial charge is 0.461 e. The Labute approximate surface area is 182 Å². The number of hydrogen-bond donors (Lipinski definition) is 2. The highest BCUT2D eigenvalue weighted by Gasteiger charge is 2.33. The Morgan fingerprint density at radius 2 is 1.97 bits per heavy atom. The Hall–Kier alpha value is -1.46. The van der Waals surface area contributed by atoms with Crippen LogP contribution < -0.4 is 0 Å². The van der Waals surface area contributed by atoms with Gasteiger partial charge in [-0.25, -0.2) is 4.79 Å². The van der Waals surface area contributed by atoms with Gasteiger partial charge < -0.3 is 14.9 Å². The summed E-state index contributed by atoms with van der Waals surface area (Å²) in [5, 5.41) is 20.4. The third-order valence-corrected chi connectivity index (χ3v) is 5.96. The molecule has 1 rings (SSSR count). The van der Waals surface area contributed by atoms with Crippen LogP contribution in [0, 0.1) is 17.3 Å². The number of ketones is 1. The highest BCUT2D eigenvalue weighted by atomic mass is 16.6. The lowest BCUT2D eigenvalue weighted by Gasteiger charge is -2.29. The lowest BCUT2D eigenvalue weighted by molar-refractivity contribution is -0.157. The van der Waals surface area contributed by atoms with E-state index in [1.165, 1.54) is 0 Å². The van der Waals surface area contributed by atoms with Crippen LogP contribution in [0.25, 0.3) is 0 Å². The Kier molecular flexibility index (Phi) is 11.6. The maximum atomic E-state index is 12.3. The van der Waals surface area contributed by atoms with E-state index < -0.39 is 18.2 Å². The molecule has 0 aromatic heterocycles. The first-order valence-corrected chi connectivity index (χ1v) is 11.5. The molecule has 172 valence electrons. The van der Waals surface area contributed by atoms with Crippen LogP contribution in [0.2, 0.25) is 0 Å². The fraction of sp³-hybridized carbons (Fsp3) is 0.760. The molecule has 0 aromatic carbocycles. The van der Waals surface area contributed by atoms with Crippen LogP contribution in [0.3, 0.4) is 0 Å². The van der Waals surface area contributed by atoms with E-state index in [2.05, 4.69) is 20.8 Å².